The number of ether oxygens (including phenoxy) is 1. The fourth-order valence-electron chi connectivity index (χ4n) is 4.43. The van der Waals surface area contributed by atoms with Crippen molar-refractivity contribution in [1.29, 1.82) is 0 Å². The van der Waals surface area contributed by atoms with E-state index in [1.54, 1.807) is 0 Å². The molecule has 2 aliphatic carbocycles. The summed E-state index contributed by atoms with van der Waals surface area (Å²) in [6.07, 6.45) is 2.92. The van der Waals surface area contributed by atoms with Crippen molar-refractivity contribution in [3.8, 4) is 11.1 Å². The van der Waals surface area contributed by atoms with Gasteiger partial charge in [-0.1, -0.05) is 60.2 Å². The lowest BCUT2D eigenvalue weighted by Crippen LogP contribution is -2.52. The van der Waals surface area contributed by atoms with Gasteiger partial charge in [-0.05, 0) is 61.3 Å². The Balaban J connectivity index is 1.42. The van der Waals surface area contributed by atoms with Gasteiger partial charge in [0.1, 0.15) is 18.7 Å². The summed E-state index contributed by atoms with van der Waals surface area (Å²) in [7, 11) is 0. The van der Waals surface area contributed by atoms with Crippen molar-refractivity contribution in [2.45, 2.75) is 51.1 Å². The zero-order valence-electron chi connectivity index (χ0n) is 19.4. The summed E-state index contributed by atoms with van der Waals surface area (Å²) < 4.78 is 5.57. The van der Waals surface area contributed by atoms with Gasteiger partial charge in [0.15, 0.2) is 0 Å². The minimum Gasteiger partial charge on any atom is -0.480 e. The van der Waals surface area contributed by atoms with Crippen LogP contribution in [0.3, 0.4) is 0 Å². The molecule has 1 saturated carbocycles. The molecule has 2 aromatic carbocycles. The molecule has 1 fully saturated rings. The van der Waals surface area contributed by atoms with Crippen molar-refractivity contribution in [3.63, 3.8) is 0 Å². The van der Waals surface area contributed by atoms with Gasteiger partial charge in [0.2, 0.25) is 5.91 Å². The van der Waals surface area contributed by atoms with Crippen LogP contribution in [0, 0.1) is 5.92 Å². The van der Waals surface area contributed by atoms with Crippen LogP contribution >= 0.6 is 0 Å². The van der Waals surface area contributed by atoms with E-state index >= 15 is 0 Å². The van der Waals surface area contributed by atoms with Crippen molar-refractivity contribution in [1.82, 2.24) is 10.6 Å². The van der Waals surface area contributed by atoms with E-state index < -0.39 is 30.1 Å². The highest BCUT2D eigenvalue weighted by Crippen LogP contribution is 2.44. The zero-order chi connectivity index (χ0) is 24.2. The minimum absolute atomic E-state index is 0.0555. The standard InChI is InChI=1S/C27H30N2O5/c1-16(2)11-14-23(25(30)29-24(26(31)32)17-12-13-17)28-27(33)34-15-22-20-9-5-3-7-18(20)19-8-4-6-10-21(19)22/h3-11,17,22-24H,12-15H2,1-2H3,(H,28,33)(H,29,30)(H,31,32). The van der Waals surface area contributed by atoms with Gasteiger partial charge in [0, 0.05) is 5.92 Å². The van der Waals surface area contributed by atoms with Crippen molar-refractivity contribution in [2.75, 3.05) is 6.61 Å². The van der Waals surface area contributed by atoms with Crippen LogP contribution < -0.4 is 10.6 Å². The van der Waals surface area contributed by atoms with Crippen LogP contribution in [-0.4, -0.2) is 41.8 Å². The summed E-state index contributed by atoms with van der Waals surface area (Å²) in [4.78, 5) is 37.1. The lowest BCUT2D eigenvalue weighted by Gasteiger charge is -2.21. The van der Waals surface area contributed by atoms with E-state index in [0.717, 1.165) is 40.7 Å². The number of carbonyl (C=O) groups excluding carboxylic acids is 2. The normalized spacial score (nSPS) is 15.9. The van der Waals surface area contributed by atoms with Crippen molar-refractivity contribution in [3.05, 3.63) is 71.3 Å². The minimum atomic E-state index is -1.06. The highest BCUT2D eigenvalue weighted by Gasteiger charge is 2.38. The molecule has 0 radical (unpaired) electrons. The quantitative estimate of drug-likeness (QED) is 0.484. The third-order valence-electron chi connectivity index (χ3n) is 6.37. The van der Waals surface area contributed by atoms with Crippen LogP contribution in [0.2, 0.25) is 0 Å². The van der Waals surface area contributed by atoms with Crippen molar-refractivity contribution < 1.29 is 24.2 Å². The second-order valence-corrected chi connectivity index (χ2v) is 9.20. The molecule has 2 atom stereocenters. The number of alkyl carbamates (subject to hydrolysis) is 1. The fourth-order valence-corrected chi connectivity index (χ4v) is 4.43. The molecule has 4 rings (SSSR count). The smallest absolute Gasteiger partial charge is 0.407 e. The van der Waals surface area contributed by atoms with Gasteiger partial charge in [-0.25, -0.2) is 9.59 Å². The molecule has 2 amide bonds. The van der Waals surface area contributed by atoms with Gasteiger partial charge in [0.25, 0.3) is 0 Å². The number of carbonyl (C=O) groups is 3. The predicted molar refractivity (Wildman–Crippen MR) is 128 cm³/mol. The van der Waals surface area contributed by atoms with E-state index in [1.165, 1.54) is 0 Å². The summed E-state index contributed by atoms with van der Waals surface area (Å²) in [6.45, 7) is 3.93. The first-order chi connectivity index (χ1) is 16.3. The van der Waals surface area contributed by atoms with Crippen LogP contribution in [0.1, 0.15) is 50.2 Å². The molecule has 0 bridgehead atoms. The average Bonchev–Trinajstić information content (AvgIpc) is 3.60. The number of carboxylic acid groups (broad SMARTS) is 1. The third-order valence-corrected chi connectivity index (χ3v) is 6.37. The van der Waals surface area contributed by atoms with Crippen LogP contribution in [-0.2, 0) is 14.3 Å². The van der Waals surface area contributed by atoms with E-state index in [-0.39, 0.29) is 24.9 Å². The first-order valence-electron chi connectivity index (χ1n) is 11.6. The highest BCUT2D eigenvalue weighted by molar-refractivity contribution is 5.89. The van der Waals surface area contributed by atoms with E-state index in [1.807, 2.05) is 56.3 Å². The maximum absolute atomic E-state index is 12.9. The number of nitrogens with one attached hydrogen (secondary N) is 2. The van der Waals surface area contributed by atoms with Crippen LogP contribution in [0.25, 0.3) is 11.1 Å². The zero-order valence-corrected chi connectivity index (χ0v) is 19.4. The van der Waals surface area contributed by atoms with E-state index in [0.29, 0.717) is 0 Å². The Kier molecular flexibility index (Phi) is 7.01. The van der Waals surface area contributed by atoms with Gasteiger partial charge in [-0.15, -0.1) is 0 Å². The molecule has 7 nitrogen and oxygen atoms in total. The van der Waals surface area contributed by atoms with Gasteiger partial charge in [-0.2, -0.15) is 0 Å². The molecule has 0 aliphatic heterocycles. The first-order valence-corrected chi connectivity index (χ1v) is 11.6. The lowest BCUT2D eigenvalue weighted by molar-refractivity contribution is -0.142. The Morgan fingerprint density at radius 2 is 1.59 bits per heavy atom. The number of allylic oxidation sites excluding steroid dienone is 1. The number of amides is 2. The monoisotopic (exact) mass is 462 g/mol. The van der Waals surface area contributed by atoms with Crippen LogP contribution in [0.15, 0.2) is 60.2 Å². The lowest BCUT2D eigenvalue weighted by atomic mass is 9.98. The largest absolute Gasteiger partial charge is 0.480 e. The number of aliphatic carboxylic acids is 1. The number of benzene rings is 2. The van der Waals surface area contributed by atoms with Crippen LogP contribution in [0.5, 0.6) is 0 Å². The Hall–Kier alpha value is -3.61. The van der Waals surface area contributed by atoms with Crippen molar-refractivity contribution >= 4 is 18.0 Å². The molecule has 0 aromatic heterocycles. The second-order valence-electron chi connectivity index (χ2n) is 9.20. The second kappa shape index (κ2) is 10.1. The van der Waals surface area contributed by atoms with Crippen LogP contribution in [0.4, 0.5) is 4.79 Å². The molecule has 0 spiro atoms. The van der Waals surface area contributed by atoms with Crippen molar-refractivity contribution in [2.24, 2.45) is 5.92 Å². The molecule has 3 N–H and O–H groups in total. The molecule has 2 unspecified atom stereocenters. The predicted octanol–water partition coefficient (Wildman–Crippen LogP) is 4.23. The maximum atomic E-state index is 12.9. The molecule has 7 heteroatoms. The Bertz CT molecular complexity index is 1070. The molecular weight excluding hydrogens is 432 g/mol. The van der Waals surface area contributed by atoms with Gasteiger partial charge < -0.3 is 20.5 Å². The first kappa shape index (κ1) is 23.5. The summed E-state index contributed by atoms with van der Waals surface area (Å²) in [5, 5.41) is 14.7. The number of rotatable bonds is 9. The number of carboxylic acids is 1. The molecular formula is C27H30N2O5. The highest BCUT2D eigenvalue weighted by atomic mass is 16.5. The molecule has 2 aliphatic rings. The molecule has 0 heterocycles. The molecule has 34 heavy (non-hydrogen) atoms. The van der Waals surface area contributed by atoms with Gasteiger partial charge in [-0.3, -0.25) is 4.79 Å². The van der Waals surface area contributed by atoms with E-state index in [4.69, 9.17) is 4.74 Å². The summed E-state index contributed by atoms with van der Waals surface area (Å²) in [6, 6.07) is 14.3. The fraction of sp³-hybridized carbons (Fsp3) is 0.370. The van der Waals surface area contributed by atoms with E-state index in [9.17, 15) is 19.5 Å². The summed E-state index contributed by atoms with van der Waals surface area (Å²) in [5.41, 5.74) is 5.46. The Morgan fingerprint density at radius 3 is 2.12 bits per heavy atom. The van der Waals surface area contributed by atoms with Gasteiger partial charge >= 0.3 is 12.1 Å². The average molecular weight is 463 g/mol. The van der Waals surface area contributed by atoms with Gasteiger partial charge in [0.05, 0.1) is 0 Å². The topological polar surface area (TPSA) is 105 Å². The third kappa shape index (κ3) is 5.30. The summed E-state index contributed by atoms with van der Waals surface area (Å²) in [5.74, 6) is -1.72. The van der Waals surface area contributed by atoms with E-state index in [2.05, 4.69) is 22.8 Å². The molecule has 2 aromatic rings. The summed E-state index contributed by atoms with van der Waals surface area (Å²) >= 11 is 0. The number of fused-ring (bicyclic) bond motifs is 3. The number of hydrogen-bond donors (Lipinski definition) is 3. The molecule has 178 valence electrons. The Labute approximate surface area is 199 Å². The Morgan fingerprint density at radius 1 is 1.00 bits per heavy atom. The SMILES string of the molecule is CC(C)=CCC(NC(=O)OCC1c2ccccc2-c2ccccc21)C(=O)NC(C(=O)O)C1CC1. The number of hydrogen-bond acceptors (Lipinski definition) is 4. The maximum Gasteiger partial charge on any atom is 0.407 e. The molecule has 0 saturated heterocycles.